The molecule has 1 N–H and O–H groups in total. The van der Waals surface area contributed by atoms with Crippen molar-refractivity contribution in [3.8, 4) is 5.75 Å². The third kappa shape index (κ3) is 3.60. The largest absolute Gasteiger partial charge is 0.493 e. The van der Waals surface area contributed by atoms with Gasteiger partial charge in [0.2, 0.25) is 5.91 Å². The van der Waals surface area contributed by atoms with Gasteiger partial charge in [-0.05, 0) is 24.5 Å². The van der Waals surface area contributed by atoms with Crippen molar-refractivity contribution >= 4 is 17.5 Å². The Morgan fingerprint density at radius 2 is 2.32 bits per heavy atom. The third-order valence-electron chi connectivity index (χ3n) is 3.78. The Kier molecular flexibility index (Phi) is 4.63. The lowest BCUT2D eigenvalue weighted by Crippen LogP contribution is -2.34. The molecule has 0 saturated carbocycles. The van der Waals surface area contributed by atoms with Crippen LogP contribution in [0.15, 0.2) is 36.7 Å². The number of benzene rings is 1. The lowest BCUT2D eigenvalue weighted by Gasteiger charge is -2.14. The van der Waals surface area contributed by atoms with E-state index in [0.29, 0.717) is 24.7 Å². The second kappa shape index (κ2) is 6.83. The molecule has 1 aliphatic rings. The average Bonchev–Trinajstić information content (AvgIpc) is 2.81. The van der Waals surface area contributed by atoms with Crippen LogP contribution in [0.1, 0.15) is 12.0 Å². The monoisotopic (exact) mass is 319 g/mol. The van der Waals surface area contributed by atoms with Crippen molar-refractivity contribution in [2.45, 2.75) is 19.4 Å². The Morgan fingerprint density at radius 3 is 3.14 bits per heavy atom. The van der Waals surface area contributed by atoms with Crippen LogP contribution in [-0.2, 0) is 17.8 Å². The minimum absolute atomic E-state index is 0.0511. The number of hydrogen-bond acceptors (Lipinski definition) is 3. The number of ether oxygens (including phenoxy) is 1. The van der Waals surface area contributed by atoms with E-state index in [4.69, 9.17) is 16.3 Å². The Labute approximate surface area is 134 Å². The molecule has 1 unspecified atom stereocenters. The number of amides is 1. The maximum atomic E-state index is 12.3. The molecule has 0 radical (unpaired) electrons. The van der Waals surface area contributed by atoms with Crippen LogP contribution in [-0.4, -0.2) is 28.8 Å². The van der Waals surface area contributed by atoms with Gasteiger partial charge in [0, 0.05) is 18.7 Å². The van der Waals surface area contributed by atoms with E-state index in [9.17, 15) is 4.79 Å². The first-order valence-electron chi connectivity index (χ1n) is 7.39. The second-order valence-corrected chi connectivity index (χ2v) is 5.79. The molecule has 1 atom stereocenters. The van der Waals surface area contributed by atoms with Gasteiger partial charge < -0.3 is 10.1 Å². The van der Waals surface area contributed by atoms with E-state index < -0.39 is 0 Å². The van der Waals surface area contributed by atoms with Crippen LogP contribution in [0.5, 0.6) is 5.75 Å². The van der Waals surface area contributed by atoms with E-state index in [-0.39, 0.29) is 11.8 Å². The van der Waals surface area contributed by atoms with Gasteiger partial charge in [-0.3, -0.25) is 9.48 Å². The van der Waals surface area contributed by atoms with Crippen LogP contribution >= 0.6 is 11.6 Å². The summed E-state index contributed by atoms with van der Waals surface area (Å²) in [6, 6.07) is 7.90. The first-order valence-corrected chi connectivity index (χ1v) is 7.76. The second-order valence-electron chi connectivity index (χ2n) is 5.36. The summed E-state index contributed by atoms with van der Waals surface area (Å²) in [5.41, 5.74) is 1.10. The maximum absolute atomic E-state index is 12.3. The van der Waals surface area contributed by atoms with Gasteiger partial charge in [-0.15, -0.1) is 0 Å². The summed E-state index contributed by atoms with van der Waals surface area (Å²) < 4.78 is 7.41. The van der Waals surface area contributed by atoms with Crippen LogP contribution in [0, 0.1) is 5.92 Å². The van der Waals surface area contributed by atoms with Crippen LogP contribution < -0.4 is 10.1 Å². The molecule has 0 bridgehead atoms. The first kappa shape index (κ1) is 14.9. The molecule has 116 valence electrons. The molecule has 0 spiro atoms. The number of rotatable bonds is 4. The summed E-state index contributed by atoms with van der Waals surface area (Å²) in [4.78, 5) is 12.3. The van der Waals surface area contributed by atoms with Crippen LogP contribution in [0.25, 0.3) is 0 Å². The SMILES string of the molecule is O=C(NCCn1cc(Cl)cn1)C1CCOc2ccccc2C1. The zero-order valence-corrected chi connectivity index (χ0v) is 12.9. The van der Waals surface area contributed by atoms with Crippen molar-refractivity contribution in [3.63, 3.8) is 0 Å². The fourth-order valence-corrected chi connectivity index (χ4v) is 2.77. The molecule has 1 aromatic carbocycles. The number of fused-ring (bicyclic) bond motifs is 1. The lowest BCUT2D eigenvalue weighted by atomic mass is 9.96. The van der Waals surface area contributed by atoms with E-state index >= 15 is 0 Å². The fourth-order valence-electron chi connectivity index (χ4n) is 2.61. The highest BCUT2D eigenvalue weighted by Crippen LogP contribution is 2.26. The summed E-state index contributed by atoms with van der Waals surface area (Å²) in [5.74, 6) is 0.910. The molecule has 22 heavy (non-hydrogen) atoms. The number of nitrogens with zero attached hydrogens (tertiary/aromatic N) is 2. The molecule has 0 fully saturated rings. The van der Waals surface area contributed by atoms with E-state index in [2.05, 4.69) is 10.4 Å². The molecule has 5 nitrogen and oxygen atoms in total. The third-order valence-corrected chi connectivity index (χ3v) is 3.97. The maximum Gasteiger partial charge on any atom is 0.223 e. The van der Waals surface area contributed by atoms with Crippen molar-refractivity contribution < 1.29 is 9.53 Å². The van der Waals surface area contributed by atoms with Gasteiger partial charge in [0.1, 0.15) is 5.75 Å². The molecule has 2 heterocycles. The van der Waals surface area contributed by atoms with Crippen LogP contribution in [0.4, 0.5) is 0 Å². The van der Waals surface area contributed by atoms with Gasteiger partial charge in [-0.1, -0.05) is 29.8 Å². The van der Waals surface area contributed by atoms with Crippen molar-refractivity contribution in [1.29, 1.82) is 0 Å². The number of aromatic nitrogens is 2. The molecule has 0 saturated heterocycles. The molecular formula is C16H18ClN3O2. The molecule has 1 aromatic heterocycles. The summed E-state index contributed by atoms with van der Waals surface area (Å²) in [5, 5.41) is 7.65. The molecule has 1 amide bonds. The van der Waals surface area contributed by atoms with Gasteiger partial charge in [0.15, 0.2) is 0 Å². The summed E-state index contributed by atoms with van der Waals surface area (Å²) in [6.45, 7) is 1.72. The highest BCUT2D eigenvalue weighted by molar-refractivity contribution is 6.30. The molecule has 2 aromatic rings. The van der Waals surface area contributed by atoms with Crippen LogP contribution in [0.2, 0.25) is 5.02 Å². The molecule has 0 aliphatic carbocycles. The number of halogens is 1. The quantitative estimate of drug-likeness (QED) is 0.940. The number of nitrogens with one attached hydrogen (secondary N) is 1. The zero-order valence-electron chi connectivity index (χ0n) is 12.2. The van der Waals surface area contributed by atoms with E-state index in [1.54, 1.807) is 17.1 Å². The predicted molar refractivity (Wildman–Crippen MR) is 84.0 cm³/mol. The van der Waals surface area contributed by atoms with Crippen molar-refractivity contribution in [2.24, 2.45) is 5.92 Å². The fraction of sp³-hybridized carbons (Fsp3) is 0.375. The normalized spacial score (nSPS) is 17.2. The van der Waals surface area contributed by atoms with Gasteiger partial charge in [-0.2, -0.15) is 5.10 Å². The summed E-state index contributed by atoms with van der Waals surface area (Å²) >= 11 is 5.81. The van der Waals surface area contributed by atoms with Gasteiger partial charge in [-0.25, -0.2) is 0 Å². The Balaban J connectivity index is 1.54. The zero-order chi connectivity index (χ0) is 15.4. The highest BCUT2D eigenvalue weighted by atomic mass is 35.5. The lowest BCUT2D eigenvalue weighted by molar-refractivity contribution is -0.125. The summed E-state index contributed by atoms with van der Waals surface area (Å²) in [6.07, 6.45) is 4.77. The molecule has 1 aliphatic heterocycles. The van der Waals surface area contributed by atoms with Crippen molar-refractivity contribution in [1.82, 2.24) is 15.1 Å². The first-order chi connectivity index (χ1) is 10.7. The number of carbonyl (C=O) groups excluding carboxylic acids is 1. The predicted octanol–water partition coefficient (Wildman–Crippen LogP) is 2.29. The topological polar surface area (TPSA) is 56.2 Å². The van der Waals surface area contributed by atoms with Gasteiger partial charge >= 0.3 is 0 Å². The number of para-hydroxylation sites is 1. The van der Waals surface area contributed by atoms with E-state index in [1.807, 2.05) is 24.3 Å². The minimum atomic E-state index is -0.0511. The molecular weight excluding hydrogens is 302 g/mol. The van der Waals surface area contributed by atoms with Gasteiger partial charge in [0.05, 0.1) is 24.4 Å². The Hall–Kier alpha value is -2.01. The van der Waals surface area contributed by atoms with Crippen molar-refractivity contribution in [3.05, 3.63) is 47.2 Å². The van der Waals surface area contributed by atoms with Crippen LogP contribution in [0.3, 0.4) is 0 Å². The molecule has 3 rings (SSSR count). The van der Waals surface area contributed by atoms with E-state index in [1.165, 1.54) is 0 Å². The molecule has 6 heteroatoms. The van der Waals surface area contributed by atoms with Crippen molar-refractivity contribution in [2.75, 3.05) is 13.2 Å². The summed E-state index contributed by atoms with van der Waals surface area (Å²) in [7, 11) is 0. The highest BCUT2D eigenvalue weighted by Gasteiger charge is 2.23. The standard InChI is InChI=1S/C16H18ClN3O2/c17-14-10-19-20(11-14)7-6-18-16(21)13-5-8-22-15-4-2-1-3-12(15)9-13/h1-4,10-11,13H,5-9H2,(H,18,21). The Bertz CT molecular complexity index is 656. The number of carbonyl (C=O) groups is 1. The minimum Gasteiger partial charge on any atom is -0.493 e. The smallest absolute Gasteiger partial charge is 0.223 e. The Morgan fingerprint density at radius 1 is 1.45 bits per heavy atom. The van der Waals surface area contributed by atoms with Gasteiger partial charge in [0.25, 0.3) is 0 Å². The average molecular weight is 320 g/mol. The van der Waals surface area contributed by atoms with E-state index in [0.717, 1.165) is 24.2 Å². The number of hydrogen-bond donors (Lipinski definition) is 1.